The van der Waals surface area contributed by atoms with Gasteiger partial charge >= 0.3 is 0 Å². The second kappa shape index (κ2) is 11.2. The van der Waals surface area contributed by atoms with Gasteiger partial charge in [0.2, 0.25) is 0 Å². The monoisotopic (exact) mass is 560 g/mol. The molecular formula is C30H34F2N8O. The van der Waals surface area contributed by atoms with E-state index in [1.165, 1.54) is 6.07 Å². The van der Waals surface area contributed by atoms with Crippen LogP contribution < -0.4 is 4.74 Å². The molecule has 1 aliphatic carbocycles. The summed E-state index contributed by atoms with van der Waals surface area (Å²) in [6.45, 7) is 2.32. The van der Waals surface area contributed by atoms with Crippen molar-refractivity contribution in [3.8, 4) is 23.1 Å². The maximum absolute atomic E-state index is 13.5. The van der Waals surface area contributed by atoms with Crippen LogP contribution in [0.5, 0.6) is 5.75 Å². The molecule has 41 heavy (non-hydrogen) atoms. The van der Waals surface area contributed by atoms with Gasteiger partial charge in [-0.3, -0.25) is 9.58 Å². The van der Waals surface area contributed by atoms with Gasteiger partial charge in [-0.2, -0.15) is 10.4 Å². The highest BCUT2D eigenvalue weighted by Crippen LogP contribution is 2.45. The van der Waals surface area contributed by atoms with Crippen molar-refractivity contribution in [2.75, 3.05) is 27.2 Å². The number of nitrogens with one attached hydrogen (secondary N) is 1. The van der Waals surface area contributed by atoms with Crippen LogP contribution in [0, 0.1) is 11.3 Å². The maximum atomic E-state index is 13.5. The molecule has 1 aromatic carbocycles. The molecular weight excluding hydrogens is 526 g/mol. The Morgan fingerprint density at radius 3 is 2.73 bits per heavy atom. The van der Waals surface area contributed by atoms with Gasteiger partial charge in [0.15, 0.2) is 0 Å². The molecule has 1 N–H and O–H groups in total. The fourth-order valence-electron chi connectivity index (χ4n) is 6.33. The molecule has 0 atom stereocenters. The van der Waals surface area contributed by atoms with Crippen LogP contribution in [-0.2, 0) is 12.1 Å². The Bertz CT molecular complexity index is 1540. The van der Waals surface area contributed by atoms with Crippen LogP contribution in [0.3, 0.4) is 0 Å². The number of likely N-dealkylation sites (tertiary alicyclic amines) is 1. The molecule has 214 valence electrons. The number of aromatic amines is 1. The number of H-pyrrole nitrogens is 1. The number of aromatic nitrogens is 5. The van der Waals surface area contributed by atoms with E-state index in [-0.39, 0.29) is 17.2 Å². The van der Waals surface area contributed by atoms with Crippen molar-refractivity contribution in [2.45, 2.75) is 62.8 Å². The van der Waals surface area contributed by atoms with Crippen LogP contribution in [0.4, 0.5) is 8.78 Å². The lowest BCUT2D eigenvalue weighted by atomic mass is 9.69. The van der Waals surface area contributed by atoms with E-state index >= 15 is 0 Å². The van der Waals surface area contributed by atoms with E-state index in [4.69, 9.17) is 4.74 Å². The van der Waals surface area contributed by atoms with E-state index in [1.807, 2.05) is 54.4 Å². The van der Waals surface area contributed by atoms with Crippen LogP contribution in [0.15, 0.2) is 49.2 Å². The van der Waals surface area contributed by atoms with Gasteiger partial charge in [0, 0.05) is 54.6 Å². The first kappa shape index (κ1) is 27.3. The molecule has 2 fully saturated rings. The summed E-state index contributed by atoms with van der Waals surface area (Å²) in [7, 11) is 3.84. The highest BCUT2D eigenvalue weighted by atomic mass is 19.3. The number of hydrogen-bond acceptors (Lipinski definition) is 7. The van der Waals surface area contributed by atoms with Crippen molar-refractivity contribution < 1.29 is 13.5 Å². The Kier molecular flexibility index (Phi) is 7.45. The molecule has 11 heteroatoms. The third kappa shape index (κ3) is 5.54. The lowest BCUT2D eigenvalue weighted by Crippen LogP contribution is -2.58. The predicted octanol–water partition coefficient (Wildman–Crippen LogP) is 5.14. The van der Waals surface area contributed by atoms with Crippen molar-refractivity contribution >= 4 is 11.0 Å². The number of ether oxygens (including phenoxy) is 1. The van der Waals surface area contributed by atoms with Crippen LogP contribution in [0.2, 0.25) is 0 Å². The molecule has 0 unspecified atom stereocenters. The molecule has 0 bridgehead atoms. The van der Waals surface area contributed by atoms with Crippen molar-refractivity contribution in [3.63, 3.8) is 0 Å². The standard InChI is InChI=1S/C30H34F2N8O/c1-38(2)17-20-11-21(28(31)32)13-25(12-20)41-24-4-9-39(10-5-24)23-14-30(15-23,6-7-33)40-18-22(16-37-40)27-26-3-8-34-29(26)36-19-35-27/h3,8,11-13,16,18-19,23-24,28H,4-6,9-10,14-15,17H2,1-2H3,(H,34,35,36)/t23-,30+. The molecule has 1 saturated heterocycles. The van der Waals surface area contributed by atoms with Gasteiger partial charge in [-0.15, -0.1) is 0 Å². The predicted molar refractivity (Wildman–Crippen MR) is 150 cm³/mol. The third-order valence-corrected chi connectivity index (χ3v) is 8.37. The number of alkyl halides is 2. The maximum Gasteiger partial charge on any atom is 0.263 e. The fraction of sp³-hybridized carbons (Fsp3) is 0.467. The first-order valence-electron chi connectivity index (χ1n) is 14.0. The van der Waals surface area contributed by atoms with E-state index in [0.29, 0.717) is 24.8 Å². The molecule has 9 nitrogen and oxygen atoms in total. The summed E-state index contributed by atoms with van der Waals surface area (Å²) in [5.74, 6) is 0.518. The summed E-state index contributed by atoms with van der Waals surface area (Å²) in [5, 5.41) is 15.3. The number of hydrogen-bond donors (Lipinski definition) is 1. The van der Waals surface area contributed by atoms with Crippen molar-refractivity contribution in [1.29, 1.82) is 5.26 Å². The number of piperidine rings is 1. The number of benzene rings is 1. The van der Waals surface area contributed by atoms with E-state index < -0.39 is 6.43 Å². The molecule has 4 heterocycles. The van der Waals surface area contributed by atoms with Crippen LogP contribution in [0.1, 0.15) is 49.7 Å². The Balaban J connectivity index is 1.09. The van der Waals surface area contributed by atoms with Crippen molar-refractivity contribution in [3.05, 3.63) is 60.3 Å². The van der Waals surface area contributed by atoms with Crippen LogP contribution >= 0.6 is 0 Å². The molecule has 2 aliphatic rings. The average Bonchev–Trinajstić information content (AvgIpc) is 3.61. The highest BCUT2D eigenvalue weighted by Gasteiger charge is 2.49. The minimum Gasteiger partial charge on any atom is -0.490 e. The van der Waals surface area contributed by atoms with Gasteiger partial charge in [-0.05, 0) is 69.6 Å². The zero-order valence-corrected chi connectivity index (χ0v) is 23.3. The van der Waals surface area contributed by atoms with E-state index in [0.717, 1.165) is 66.6 Å². The highest BCUT2D eigenvalue weighted by molar-refractivity contribution is 5.90. The van der Waals surface area contributed by atoms with Crippen molar-refractivity contribution in [1.82, 2.24) is 34.5 Å². The zero-order valence-electron chi connectivity index (χ0n) is 23.3. The zero-order chi connectivity index (χ0) is 28.6. The van der Waals surface area contributed by atoms with Gasteiger partial charge in [-0.1, -0.05) is 0 Å². The smallest absolute Gasteiger partial charge is 0.263 e. The molecule has 1 saturated carbocycles. The van der Waals surface area contributed by atoms with Crippen LogP contribution in [-0.4, -0.2) is 73.9 Å². The topological polar surface area (TPSA) is 98.9 Å². The normalized spacial score (nSPS) is 21.8. The molecule has 0 radical (unpaired) electrons. The lowest BCUT2D eigenvalue weighted by molar-refractivity contribution is -0.0207. The lowest BCUT2D eigenvalue weighted by Gasteiger charge is -2.52. The summed E-state index contributed by atoms with van der Waals surface area (Å²) in [6.07, 6.45) is 8.41. The molecule has 1 aliphatic heterocycles. The Morgan fingerprint density at radius 1 is 1.20 bits per heavy atom. The SMILES string of the molecule is CN(C)Cc1cc(OC2CCN([C@H]3C[C@@](CC#N)(n4cc(-c5ncnc6[nH]ccc56)cn4)C3)CC2)cc(C(F)F)c1. The molecule has 3 aromatic heterocycles. The van der Waals surface area contributed by atoms with Gasteiger partial charge in [0.1, 0.15) is 23.8 Å². The van der Waals surface area contributed by atoms with Crippen LogP contribution in [0.25, 0.3) is 22.3 Å². The summed E-state index contributed by atoms with van der Waals surface area (Å²) in [4.78, 5) is 16.3. The number of halogens is 2. The second-order valence-corrected chi connectivity index (χ2v) is 11.6. The van der Waals surface area contributed by atoms with Crippen molar-refractivity contribution in [2.24, 2.45) is 0 Å². The number of fused-ring (bicyclic) bond motifs is 1. The molecule has 4 aromatic rings. The molecule has 0 spiro atoms. The summed E-state index contributed by atoms with van der Waals surface area (Å²) in [5.41, 5.74) is 2.98. The van der Waals surface area contributed by atoms with Gasteiger partial charge in [0.25, 0.3) is 6.43 Å². The van der Waals surface area contributed by atoms with E-state index in [9.17, 15) is 14.0 Å². The minimum absolute atomic E-state index is 0.000838. The van der Waals surface area contributed by atoms with E-state index in [1.54, 1.807) is 12.4 Å². The molecule has 6 rings (SSSR count). The number of rotatable bonds is 9. The Morgan fingerprint density at radius 2 is 2.00 bits per heavy atom. The minimum atomic E-state index is -2.53. The summed E-state index contributed by atoms with van der Waals surface area (Å²) < 4.78 is 35.2. The largest absolute Gasteiger partial charge is 0.490 e. The third-order valence-electron chi connectivity index (χ3n) is 8.37. The summed E-state index contributed by atoms with van der Waals surface area (Å²) in [6, 6.07) is 9.61. The first-order valence-corrected chi connectivity index (χ1v) is 14.0. The van der Waals surface area contributed by atoms with Gasteiger partial charge in [0.05, 0.1) is 29.9 Å². The Hall–Kier alpha value is -3.88. The quantitative estimate of drug-likeness (QED) is 0.303. The fourth-order valence-corrected chi connectivity index (χ4v) is 6.33. The second-order valence-electron chi connectivity index (χ2n) is 11.6. The van der Waals surface area contributed by atoms with Gasteiger partial charge in [-0.25, -0.2) is 18.7 Å². The Labute approximate surface area is 237 Å². The number of nitrogens with zero attached hydrogens (tertiary/aromatic N) is 7. The summed E-state index contributed by atoms with van der Waals surface area (Å²) >= 11 is 0. The molecule has 0 amide bonds. The van der Waals surface area contributed by atoms with Gasteiger partial charge < -0.3 is 14.6 Å². The number of nitriles is 1. The first-order chi connectivity index (χ1) is 19.8. The van der Waals surface area contributed by atoms with E-state index in [2.05, 4.69) is 31.0 Å². The average molecular weight is 561 g/mol.